The van der Waals surface area contributed by atoms with Crippen molar-refractivity contribution in [3.05, 3.63) is 11.3 Å². The van der Waals surface area contributed by atoms with Crippen LogP contribution in [0.3, 0.4) is 0 Å². The number of carbonyl (C=O) groups excluding carboxylic acids is 1. The van der Waals surface area contributed by atoms with E-state index in [2.05, 4.69) is 0 Å². The van der Waals surface area contributed by atoms with Crippen LogP contribution in [0.4, 0.5) is 0 Å². The zero-order valence-corrected chi connectivity index (χ0v) is 13.7. The van der Waals surface area contributed by atoms with Crippen LogP contribution in [0, 0.1) is 17.3 Å². The Morgan fingerprint density at radius 2 is 1.86 bits per heavy atom. The van der Waals surface area contributed by atoms with Crippen LogP contribution >= 0.6 is 0 Å². The van der Waals surface area contributed by atoms with Crippen LogP contribution < -0.4 is 0 Å². The fraction of sp³-hybridized carbons (Fsp3) is 0.850. The van der Waals surface area contributed by atoms with Gasteiger partial charge in [0.25, 0.3) is 0 Å². The molecule has 3 fully saturated rings. The third-order valence-corrected chi connectivity index (χ3v) is 7.74. The molecule has 1 heterocycles. The molecule has 2 spiro atoms. The Balaban J connectivity index is 1.67. The minimum absolute atomic E-state index is 0.102. The average molecular weight is 300 g/mol. The van der Waals surface area contributed by atoms with Crippen LogP contribution in [0.1, 0.15) is 83.5 Å². The van der Waals surface area contributed by atoms with Gasteiger partial charge in [-0.15, -0.1) is 0 Å². The van der Waals surface area contributed by atoms with Crippen LogP contribution in [0.25, 0.3) is 0 Å². The van der Waals surface area contributed by atoms with Gasteiger partial charge in [-0.2, -0.15) is 0 Å². The highest BCUT2D eigenvalue weighted by molar-refractivity contribution is 5.91. The second-order valence-electron chi connectivity index (χ2n) is 8.62. The van der Waals surface area contributed by atoms with Crippen molar-refractivity contribution < 1.29 is 9.53 Å². The first kappa shape index (κ1) is 13.6. The summed E-state index contributed by atoms with van der Waals surface area (Å²) in [5.41, 5.74) is 1.29. The molecule has 0 radical (unpaired) electrons. The summed E-state index contributed by atoms with van der Waals surface area (Å²) in [7, 11) is 0. The topological polar surface area (TPSA) is 26.3 Å². The first-order valence-corrected chi connectivity index (χ1v) is 9.69. The summed E-state index contributed by atoms with van der Waals surface area (Å²) in [5.74, 6) is 2.94. The van der Waals surface area contributed by atoms with Crippen molar-refractivity contribution in [2.75, 3.05) is 0 Å². The minimum Gasteiger partial charge on any atom is -0.490 e. The molecule has 0 N–H and O–H groups in total. The maximum absolute atomic E-state index is 13.4. The molecule has 2 heteroatoms. The van der Waals surface area contributed by atoms with E-state index < -0.39 is 0 Å². The summed E-state index contributed by atoms with van der Waals surface area (Å²) in [6.45, 7) is 0. The number of rotatable bonds is 0. The Morgan fingerprint density at radius 3 is 2.82 bits per heavy atom. The van der Waals surface area contributed by atoms with E-state index in [9.17, 15) is 4.79 Å². The molecule has 5 aliphatic rings. The maximum Gasteiger partial charge on any atom is 0.146 e. The van der Waals surface area contributed by atoms with Crippen LogP contribution in [-0.2, 0) is 9.53 Å². The molecule has 3 saturated carbocycles. The molecule has 5 rings (SSSR count). The third-order valence-electron chi connectivity index (χ3n) is 7.74. The van der Waals surface area contributed by atoms with Crippen LogP contribution in [0.2, 0.25) is 0 Å². The lowest BCUT2D eigenvalue weighted by Crippen LogP contribution is -2.67. The molecule has 0 aromatic rings. The van der Waals surface area contributed by atoms with E-state index in [0.717, 1.165) is 38.5 Å². The predicted molar refractivity (Wildman–Crippen MR) is 85.3 cm³/mol. The van der Waals surface area contributed by atoms with Gasteiger partial charge in [-0.25, -0.2) is 0 Å². The van der Waals surface area contributed by atoms with Crippen molar-refractivity contribution in [1.29, 1.82) is 0 Å². The molecular formula is C20H28O2. The smallest absolute Gasteiger partial charge is 0.146 e. The van der Waals surface area contributed by atoms with Gasteiger partial charge in [-0.05, 0) is 69.8 Å². The summed E-state index contributed by atoms with van der Waals surface area (Å²) in [6, 6.07) is 0. The van der Waals surface area contributed by atoms with E-state index in [-0.39, 0.29) is 11.0 Å². The molecular weight excluding hydrogens is 272 g/mol. The van der Waals surface area contributed by atoms with Gasteiger partial charge in [0.1, 0.15) is 11.4 Å². The summed E-state index contributed by atoms with van der Waals surface area (Å²) in [4.78, 5) is 13.4. The van der Waals surface area contributed by atoms with Crippen molar-refractivity contribution in [2.24, 2.45) is 17.3 Å². The van der Waals surface area contributed by atoms with Crippen LogP contribution in [-0.4, -0.2) is 11.4 Å². The molecule has 2 bridgehead atoms. The maximum atomic E-state index is 13.4. The van der Waals surface area contributed by atoms with Crippen molar-refractivity contribution in [3.63, 3.8) is 0 Å². The molecule has 22 heavy (non-hydrogen) atoms. The van der Waals surface area contributed by atoms with E-state index in [4.69, 9.17) is 4.74 Å². The molecule has 0 unspecified atom stereocenters. The minimum atomic E-state index is -0.130. The standard InChI is InChI=1S/C20H28O2/c21-18-14-7-5-10-19(18)13-15-6-1-2-9-17(15)22-20(19)11-4-3-8-16(20)12-14/h14,16H,1-13H2/t14-,16-,19+,20-/m0/s1. The van der Waals surface area contributed by atoms with Gasteiger partial charge in [-0.1, -0.05) is 12.8 Å². The summed E-state index contributed by atoms with van der Waals surface area (Å²) >= 11 is 0. The molecule has 120 valence electrons. The monoisotopic (exact) mass is 300 g/mol. The Bertz CT molecular complexity index is 548. The Kier molecular flexibility index (Phi) is 2.86. The van der Waals surface area contributed by atoms with E-state index >= 15 is 0 Å². The molecule has 4 aliphatic carbocycles. The van der Waals surface area contributed by atoms with Gasteiger partial charge in [-0.3, -0.25) is 4.79 Å². The van der Waals surface area contributed by atoms with Gasteiger partial charge in [0.2, 0.25) is 0 Å². The average Bonchev–Trinajstić information content (AvgIpc) is 2.53. The highest BCUT2D eigenvalue weighted by atomic mass is 16.5. The molecule has 0 aromatic heterocycles. The normalized spacial score (nSPS) is 47.2. The molecule has 4 atom stereocenters. The number of ketones is 1. The molecule has 1 aliphatic heterocycles. The van der Waals surface area contributed by atoms with Gasteiger partial charge in [0.15, 0.2) is 0 Å². The summed E-state index contributed by atoms with van der Waals surface area (Å²) in [6.07, 6.45) is 15.7. The summed E-state index contributed by atoms with van der Waals surface area (Å²) < 4.78 is 6.89. The van der Waals surface area contributed by atoms with Gasteiger partial charge in [0, 0.05) is 18.3 Å². The van der Waals surface area contributed by atoms with Crippen molar-refractivity contribution in [3.8, 4) is 0 Å². The first-order chi connectivity index (χ1) is 10.8. The van der Waals surface area contributed by atoms with Crippen molar-refractivity contribution in [1.82, 2.24) is 0 Å². The zero-order valence-electron chi connectivity index (χ0n) is 13.7. The third kappa shape index (κ3) is 1.55. The second-order valence-corrected chi connectivity index (χ2v) is 8.62. The lowest BCUT2D eigenvalue weighted by Gasteiger charge is -2.64. The Hall–Kier alpha value is -0.790. The van der Waals surface area contributed by atoms with Gasteiger partial charge in [0.05, 0.1) is 11.2 Å². The summed E-state index contributed by atoms with van der Waals surface area (Å²) in [5, 5.41) is 0. The fourth-order valence-corrected chi connectivity index (χ4v) is 6.83. The molecule has 0 saturated heterocycles. The van der Waals surface area contributed by atoms with E-state index in [0.29, 0.717) is 17.6 Å². The van der Waals surface area contributed by atoms with Gasteiger partial charge < -0.3 is 4.74 Å². The van der Waals surface area contributed by atoms with Gasteiger partial charge >= 0.3 is 0 Å². The number of allylic oxidation sites excluding steroid dienone is 2. The number of ether oxygens (including phenoxy) is 1. The fourth-order valence-electron chi connectivity index (χ4n) is 6.83. The highest BCUT2D eigenvalue weighted by Gasteiger charge is 2.68. The SMILES string of the molecule is O=C1[C@H]2CCC[C@@]13CC1=C(CCCC1)O[C@]31CCCC[C@H]1C2. The van der Waals surface area contributed by atoms with Crippen molar-refractivity contribution >= 4 is 5.78 Å². The number of hydrogen-bond donors (Lipinski definition) is 0. The lowest BCUT2D eigenvalue weighted by atomic mass is 9.45. The number of Topliss-reactive ketones (excluding diaryl/α,β-unsaturated/α-hetero) is 1. The molecule has 2 nitrogen and oxygen atoms in total. The lowest BCUT2D eigenvalue weighted by molar-refractivity contribution is -0.216. The quantitative estimate of drug-likeness (QED) is 0.634. The second kappa shape index (κ2) is 4.61. The molecule has 0 aromatic carbocycles. The van der Waals surface area contributed by atoms with Crippen LogP contribution in [0.5, 0.6) is 0 Å². The number of carbonyl (C=O) groups is 1. The van der Waals surface area contributed by atoms with E-state index in [1.165, 1.54) is 56.3 Å². The molecule has 0 amide bonds. The predicted octanol–water partition coefficient (Wildman–Crippen LogP) is 4.92. The van der Waals surface area contributed by atoms with E-state index in [1.807, 2.05) is 0 Å². The van der Waals surface area contributed by atoms with Crippen LogP contribution in [0.15, 0.2) is 11.3 Å². The van der Waals surface area contributed by atoms with Crippen molar-refractivity contribution in [2.45, 2.75) is 89.1 Å². The zero-order chi connectivity index (χ0) is 14.8. The number of hydrogen-bond acceptors (Lipinski definition) is 2. The highest BCUT2D eigenvalue weighted by Crippen LogP contribution is 2.66. The Labute approximate surface area is 133 Å². The Morgan fingerprint density at radius 1 is 0.955 bits per heavy atom. The first-order valence-electron chi connectivity index (χ1n) is 9.69. The largest absolute Gasteiger partial charge is 0.490 e. The van der Waals surface area contributed by atoms with E-state index in [1.54, 1.807) is 0 Å². The number of fused-ring (bicyclic) bond motifs is 1.